The lowest BCUT2D eigenvalue weighted by atomic mass is 10.2. The Labute approximate surface area is 82.0 Å². The standard InChI is InChI=1S/C9H13N3O2/c10-7(9(13)14)4-6-12-8-3-1-2-5-11-8/h1-3,5,7H,4,6,10H2,(H,11,12)(H,13,14). The van der Waals surface area contributed by atoms with Gasteiger partial charge in [-0.05, 0) is 18.6 Å². The molecule has 1 atom stereocenters. The summed E-state index contributed by atoms with van der Waals surface area (Å²) in [4.78, 5) is 14.4. The third-order valence-electron chi connectivity index (χ3n) is 1.74. The van der Waals surface area contributed by atoms with Crippen LogP contribution in [0.3, 0.4) is 0 Å². The summed E-state index contributed by atoms with van der Waals surface area (Å²) in [5.41, 5.74) is 5.32. The largest absolute Gasteiger partial charge is 0.480 e. The quantitative estimate of drug-likeness (QED) is 0.628. The van der Waals surface area contributed by atoms with Gasteiger partial charge in [0.2, 0.25) is 0 Å². The molecule has 1 unspecified atom stereocenters. The van der Waals surface area contributed by atoms with Crippen LogP contribution in [0.2, 0.25) is 0 Å². The zero-order chi connectivity index (χ0) is 10.4. The summed E-state index contributed by atoms with van der Waals surface area (Å²) in [6.45, 7) is 0.504. The topological polar surface area (TPSA) is 88.2 Å². The molecule has 0 bridgehead atoms. The second kappa shape index (κ2) is 5.18. The Morgan fingerprint density at radius 2 is 2.43 bits per heavy atom. The van der Waals surface area contributed by atoms with Crippen molar-refractivity contribution in [1.82, 2.24) is 4.98 Å². The lowest BCUT2D eigenvalue weighted by Crippen LogP contribution is -2.32. The molecule has 5 heteroatoms. The minimum atomic E-state index is -0.979. The van der Waals surface area contributed by atoms with Gasteiger partial charge in [0.25, 0.3) is 0 Å². The molecule has 0 spiro atoms. The highest BCUT2D eigenvalue weighted by atomic mass is 16.4. The fourth-order valence-electron chi connectivity index (χ4n) is 0.947. The fraction of sp³-hybridized carbons (Fsp3) is 0.333. The molecule has 14 heavy (non-hydrogen) atoms. The number of hydrogen-bond acceptors (Lipinski definition) is 4. The normalized spacial score (nSPS) is 12.1. The summed E-state index contributed by atoms with van der Waals surface area (Å²) in [5.74, 6) is -0.252. The van der Waals surface area contributed by atoms with Gasteiger partial charge < -0.3 is 16.2 Å². The monoisotopic (exact) mass is 195 g/mol. The number of carboxylic acids is 1. The highest BCUT2D eigenvalue weighted by Crippen LogP contribution is 1.99. The average Bonchev–Trinajstić information content (AvgIpc) is 2.19. The van der Waals surface area contributed by atoms with Crippen molar-refractivity contribution in [3.63, 3.8) is 0 Å². The number of pyridine rings is 1. The van der Waals surface area contributed by atoms with E-state index >= 15 is 0 Å². The number of aromatic nitrogens is 1. The number of anilines is 1. The number of carbonyl (C=O) groups is 1. The summed E-state index contributed by atoms with van der Waals surface area (Å²) in [5, 5.41) is 11.5. The van der Waals surface area contributed by atoms with Crippen molar-refractivity contribution in [2.75, 3.05) is 11.9 Å². The maximum atomic E-state index is 10.4. The predicted octanol–water partition coefficient (Wildman–Crippen LogP) is 0.295. The summed E-state index contributed by atoms with van der Waals surface area (Å²) >= 11 is 0. The van der Waals surface area contributed by atoms with E-state index in [2.05, 4.69) is 10.3 Å². The summed E-state index contributed by atoms with van der Waals surface area (Å²) in [7, 11) is 0. The number of rotatable bonds is 5. The van der Waals surface area contributed by atoms with Gasteiger partial charge in [-0.25, -0.2) is 4.98 Å². The van der Waals surface area contributed by atoms with Gasteiger partial charge >= 0.3 is 5.97 Å². The molecule has 1 aromatic heterocycles. The van der Waals surface area contributed by atoms with Crippen LogP contribution >= 0.6 is 0 Å². The minimum absolute atomic E-state index is 0.381. The predicted molar refractivity (Wildman–Crippen MR) is 53.0 cm³/mol. The molecule has 0 radical (unpaired) electrons. The average molecular weight is 195 g/mol. The molecular weight excluding hydrogens is 182 g/mol. The molecule has 0 fully saturated rings. The second-order valence-corrected chi connectivity index (χ2v) is 2.88. The Bertz CT molecular complexity index is 289. The number of aliphatic carboxylic acids is 1. The maximum Gasteiger partial charge on any atom is 0.320 e. The number of nitrogens with zero attached hydrogens (tertiary/aromatic N) is 1. The molecule has 0 saturated carbocycles. The van der Waals surface area contributed by atoms with E-state index in [0.29, 0.717) is 13.0 Å². The zero-order valence-corrected chi connectivity index (χ0v) is 7.68. The van der Waals surface area contributed by atoms with E-state index in [0.717, 1.165) is 5.82 Å². The van der Waals surface area contributed by atoms with Gasteiger partial charge in [-0.15, -0.1) is 0 Å². The van der Waals surface area contributed by atoms with Gasteiger partial charge in [-0.3, -0.25) is 4.79 Å². The van der Waals surface area contributed by atoms with Crippen molar-refractivity contribution < 1.29 is 9.90 Å². The van der Waals surface area contributed by atoms with Crippen molar-refractivity contribution >= 4 is 11.8 Å². The SMILES string of the molecule is NC(CCNc1ccccn1)C(=O)O. The Hall–Kier alpha value is -1.62. The first-order valence-corrected chi connectivity index (χ1v) is 4.33. The van der Waals surface area contributed by atoms with Crippen LogP contribution in [0.4, 0.5) is 5.82 Å². The van der Waals surface area contributed by atoms with Crippen LogP contribution in [0.15, 0.2) is 24.4 Å². The Morgan fingerprint density at radius 3 is 3.00 bits per heavy atom. The molecule has 5 nitrogen and oxygen atoms in total. The number of carboxylic acid groups (broad SMARTS) is 1. The highest BCUT2D eigenvalue weighted by Gasteiger charge is 2.09. The molecule has 0 amide bonds. The molecule has 1 heterocycles. The summed E-state index contributed by atoms with van der Waals surface area (Å²) in [6.07, 6.45) is 2.05. The molecule has 0 aliphatic heterocycles. The van der Waals surface area contributed by atoms with Crippen LogP contribution in [0.1, 0.15) is 6.42 Å². The second-order valence-electron chi connectivity index (χ2n) is 2.88. The van der Waals surface area contributed by atoms with E-state index in [1.54, 1.807) is 6.20 Å². The van der Waals surface area contributed by atoms with Gasteiger partial charge in [-0.1, -0.05) is 6.07 Å². The minimum Gasteiger partial charge on any atom is -0.480 e. The Balaban J connectivity index is 2.26. The molecule has 0 aromatic carbocycles. The van der Waals surface area contributed by atoms with Gasteiger partial charge in [0.15, 0.2) is 0 Å². The fourth-order valence-corrected chi connectivity index (χ4v) is 0.947. The molecule has 4 N–H and O–H groups in total. The third kappa shape index (κ3) is 3.40. The van der Waals surface area contributed by atoms with E-state index in [1.165, 1.54) is 0 Å². The van der Waals surface area contributed by atoms with Crippen molar-refractivity contribution in [3.05, 3.63) is 24.4 Å². The van der Waals surface area contributed by atoms with Gasteiger partial charge in [-0.2, -0.15) is 0 Å². The third-order valence-corrected chi connectivity index (χ3v) is 1.74. The van der Waals surface area contributed by atoms with Crippen molar-refractivity contribution in [1.29, 1.82) is 0 Å². The zero-order valence-electron chi connectivity index (χ0n) is 7.68. The van der Waals surface area contributed by atoms with Gasteiger partial charge in [0, 0.05) is 12.7 Å². The van der Waals surface area contributed by atoms with Gasteiger partial charge in [0.05, 0.1) is 0 Å². The lowest BCUT2D eigenvalue weighted by Gasteiger charge is -2.07. The number of nitrogens with one attached hydrogen (secondary N) is 1. The number of nitrogens with two attached hydrogens (primary N) is 1. The van der Waals surface area contributed by atoms with Crippen molar-refractivity contribution in [2.24, 2.45) is 5.73 Å². The van der Waals surface area contributed by atoms with Gasteiger partial charge in [0.1, 0.15) is 11.9 Å². The molecule has 0 aliphatic rings. The van der Waals surface area contributed by atoms with Crippen LogP contribution in [0.25, 0.3) is 0 Å². The van der Waals surface area contributed by atoms with Crippen molar-refractivity contribution in [2.45, 2.75) is 12.5 Å². The lowest BCUT2D eigenvalue weighted by molar-refractivity contribution is -0.138. The molecule has 1 rings (SSSR count). The number of hydrogen-bond donors (Lipinski definition) is 3. The molecule has 76 valence electrons. The molecular formula is C9H13N3O2. The van der Waals surface area contributed by atoms with Crippen LogP contribution < -0.4 is 11.1 Å². The van der Waals surface area contributed by atoms with E-state index < -0.39 is 12.0 Å². The first-order chi connectivity index (χ1) is 6.70. The summed E-state index contributed by atoms with van der Waals surface area (Å²) < 4.78 is 0. The van der Waals surface area contributed by atoms with E-state index in [1.807, 2.05) is 18.2 Å². The maximum absolute atomic E-state index is 10.4. The Morgan fingerprint density at radius 1 is 1.64 bits per heavy atom. The first-order valence-electron chi connectivity index (χ1n) is 4.33. The van der Waals surface area contributed by atoms with E-state index in [9.17, 15) is 4.79 Å². The molecule has 0 saturated heterocycles. The summed E-state index contributed by atoms with van der Waals surface area (Å²) in [6, 6.07) is 4.67. The molecule has 0 aliphatic carbocycles. The molecule has 1 aromatic rings. The van der Waals surface area contributed by atoms with Crippen LogP contribution in [0, 0.1) is 0 Å². The van der Waals surface area contributed by atoms with Crippen molar-refractivity contribution in [3.8, 4) is 0 Å². The Kier molecular flexibility index (Phi) is 3.87. The van der Waals surface area contributed by atoms with E-state index in [4.69, 9.17) is 10.8 Å². The van der Waals surface area contributed by atoms with E-state index in [-0.39, 0.29) is 0 Å². The van der Waals surface area contributed by atoms with Crippen LogP contribution in [-0.2, 0) is 4.79 Å². The smallest absolute Gasteiger partial charge is 0.320 e. The highest BCUT2D eigenvalue weighted by molar-refractivity contribution is 5.73. The van der Waals surface area contributed by atoms with Crippen LogP contribution in [0.5, 0.6) is 0 Å². The van der Waals surface area contributed by atoms with Crippen LogP contribution in [-0.4, -0.2) is 28.6 Å². The first kappa shape index (κ1) is 10.5.